The molecule has 2 aliphatic heterocycles. The summed E-state index contributed by atoms with van der Waals surface area (Å²) in [5.74, 6) is 12.5. The molecule has 49 heavy (non-hydrogen) atoms. The summed E-state index contributed by atoms with van der Waals surface area (Å²) in [6.07, 6.45) is 4.78. The van der Waals surface area contributed by atoms with Crippen LogP contribution in [0.4, 0.5) is 0 Å². The van der Waals surface area contributed by atoms with Gasteiger partial charge in [-0.25, -0.2) is 0 Å². The van der Waals surface area contributed by atoms with Gasteiger partial charge in [-0.15, -0.1) is 0 Å². The first-order valence-corrected chi connectivity index (χ1v) is 16.4. The van der Waals surface area contributed by atoms with E-state index in [1.807, 2.05) is 125 Å². The lowest BCUT2D eigenvalue weighted by Gasteiger charge is -2.26. The lowest BCUT2D eigenvalue weighted by Crippen LogP contribution is -2.40. The minimum Gasteiger partial charge on any atom is -0.362 e. The van der Waals surface area contributed by atoms with Crippen molar-refractivity contribution in [3.63, 3.8) is 0 Å². The highest BCUT2D eigenvalue weighted by Gasteiger charge is 2.56. The van der Waals surface area contributed by atoms with Gasteiger partial charge in [0.2, 0.25) is 5.91 Å². The molecule has 2 unspecified atom stereocenters. The number of benzene rings is 2. The molecular weight excluding hydrogens is 608 g/mol. The number of pyridine rings is 2. The number of rotatable bonds is 3. The first-order chi connectivity index (χ1) is 23.2. The van der Waals surface area contributed by atoms with Crippen LogP contribution in [0.2, 0.25) is 0 Å². The first-order valence-electron chi connectivity index (χ1n) is 16.4. The zero-order chi connectivity index (χ0) is 35.5. The van der Waals surface area contributed by atoms with E-state index in [9.17, 15) is 9.59 Å². The Bertz CT molecular complexity index is 1930. The maximum absolute atomic E-state index is 12.8. The van der Waals surface area contributed by atoms with E-state index in [0.29, 0.717) is 12.1 Å². The second-order valence-electron chi connectivity index (χ2n) is 14.2. The SMILES string of the molecule is CN1C(=O)C(C)(c2ccc(C#Cc3ccccc3)cn2)CC1(C)C.COC1(c2ccc(C#Cc3ccccc3)cn2)CC(C)(C)N(C)C1=O. The van der Waals surface area contributed by atoms with Crippen molar-refractivity contribution in [1.29, 1.82) is 0 Å². The van der Waals surface area contributed by atoms with Crippen LogP contribution in [0.3, 0.4) is 0 Å². The fraction of sp³-hybridized carbons (Fsp3) is 0.333. The summed E-state index contributed by atoms with van der Waals surface area (Å²) in [5, 5.41) is 0. The maximum atomic E-state index is 12.8. The molecule has 0 spiro atoms. The van der Waals surface area contributed by atoms with Gasteiger partial charge in [0.25, 0.3) is 5.91 Å². The molecule has 4 heterocycles. The van der Waals surface area contributed by atoms with Crippen LogP contribution < -0.4 is 0 Å². The Kier molecular flexibility index (Phi) is 9.81. The molecule has 2 amide bonds. The molecule has 4 aromatic rings. The third-order valence-corrected chi connectivity index (χ3v) is 9.81. The van der Waals surface area contributed by atoms with Crippen LogP contribution in [0.5, 0.6) is 0 Å². The highest BCUT2D eigenvalue weighted by atomic mass is 16.5. The van der Waals surface area contributed by atoms with Crippen molar-refractivity contribution < 1.29 is 14.3 Å². The molecule has 7 nitrogen and oxygen atoms in total. The van der Waals surface area contributed by atoms with Crippen LogP contribution in [0.25, 0.3) is 0 Å². The molecule has 0 N–H and O–H groups in total. The van der Waals surface area contributed by atoms with E-state index in [0.717, 1.165) is 34.4 Å². The Morgan fingerprint density at radius 3 is 1.37 bits per heavy atom. The molecule has 0 radical (unpaired) electrons. The number of carbonyl (C=O) groups excluding carboxylic acids is 2. The summed E-state index contributed by atoms with van der Waals surface area (Å²) < 4.78 is 5.68. The van der Waals surface area contributed by atoms with Gasteiger partial charge in [0.15, 0.2) is 5.60 Å². The van der Waals surface area contributed by atoms with Crippen LogP contribution in [0.1, 0.15) is 81.1 Å². The van der Waals surface area contributed by atoms with Gasteiger partial charge in [0, 0.05) is 73.4 Å². The van der Waals surface area contributed by atoms with Crippen LogP contribution in [0, 0.1) is 23.7 Å². The fourth-order valence-electron chi connectivity index (χ4n) is 6.55. The van der Waals surface area contributed by atoms with Gasteiger partial charge in [-0.05, 0) is 89.6 Å². The molecule has 2 saturated heterocycles. The number of likely N-dealkylation sites (N-methyl/N-ethyl adjacent to an activating group) is 2. The van der Waals surface area contributed by atoms with E-state index in [4.69, 9.17) is 4.74 Å². The zero-order valence-corrected chi connectivity index (χ0v) is 29.7. The topological polar surface area (TPSA) is 75.6 Å². The molecule has 6 rings (SSSR count). The van der Waals surface area contributed by atoms with E-state index in [-0.39, 0.29) is 22.9 Å². The smallest absolute Gasteiger partial charge is 0.261 e. The number of carbonyl (C=O) groups is 2. The van der Waals surface area contributed by atoms with Crippen LogP contribution in [-0.2, 0) is 25.3 Å². The number of likely N-dealkylation sites (tertiary alicyclic amines) is 2. The standard InChI is InChI=1S/C21H22N2O2.C21H22N2O/c1-20(2)15-21(25-4,19(24)23(20)3)18-13-12-17(14-22-18)11-10-16-8-6-5-7-9-16;1-20(2)15-21(3,19(24)23(20)4)18-13-12-17(14-22-18)11-10-16-8-6-5-7-9-16/h5-9,12-14H,15H2,1-4H3;5-9,12-14H,15H2,1-4H3. The Labute approximate surface area is 290 Å². The average Bonchev–Trinajstić information content (AvgIpc) is 3.40. The number of hydrogen-bond acceptors (Lipinski definition) is 5. The van der Waals surface area contributed by atoms with E-state index in [2.05, 4.69) is 47.5 Å². The summed E-state index contributed by atoms with van der Waals surface area (Å²) in [6.45, 7) is 10.2. The number of hydrogen-bond donors (Lipinski definition) is 0. The third-order valence-electron chi connectivity index (χ3n) is 9.81. The molecule has 7 heteroatoms. The molecule has 2 aromatic carbocycles. The van der Waals surface area contributed by atoms with Crippen molar-refractivity contribution in [2.45, 2.75) is 69.6 Å². The molecule has 2 atom stereocenters. The molecular formula is C42H44N4O3. The van der Waals surface area contributed by atoms with Crippen molar-refractivity contribution in [1.82, 2.24) is 19.8 Å². The summed E-state index contributed by atoms with van der Waals surface area (Å²) in [5.41, 5.74) is 3.00. The monoisotopic (exact) mass is 652 g/mol. The molecule has 2 aliphatic rings. The number of amides is 2. The van der Waals surface area contributed by atoms with E-state index in [1.54, 1.807) is 24.4 Å². The van der Waals surface area contributed by atoms with E-state index in [1.165, 1.54) is 0 Å². The van der Waals surface area contributed by atoms with Gasteiger partial charge in [0.1, 0.15) is 0 Å². The van der Waals surface area contributed by atoms with E-state index < -0.39 is 11.0 Å². The number of nitrogens with zero attached hydrogens (tertiary/aromatic N) is 4. The molecule has 2 fully saturated rings. The maximum Gasteiger partial charge on any atom is 0.261 e. The van der Waals surface area contributed by atoms with Crippen molar-refractivity contribution >= 4 is 11.8 Å². The second kappa shape index (κ2) is 13.7. The van der Waals surface area contributed by atoms with Gasteiger partial charge in [-0.3, -0.25) is 19.6 Å². The Hall–Kier alpha value is -5.24. The van der Waals surface area contributed by atoms with Gasteiger partial charge < -0.3 is 14.5 Å². The minimum atomic E-state index is -1.02. The quantitative estimate of drug-likeness (QED) is 0.242. The van der Waals surface area contributed by atoms with Gasteiger partial charge in [-0.1, -0.05) is 60.1 Å². The van der Waals surface area contributed by atoms with Gasteiger partial charge in [0.05, 0.1) is 16.8 Å². The molecule has 0 aliphatic carbocycles. The predicted molar refractivity (Wildman–Crippen MR) is 192 cm³/mol. The zero-order valence-electron chi connectivity index (χ0n) is 29.7. The lowest BCUT2D eigenvalue weighted by atomic mass is 9.80. The van der Waals surface area contributed by atoms with Gasteiger partial charge in [-0.2, -0.15) is 0 Å². The highest BCUT2D eigenvalue weighted by molar-refractivity contribution is 5.90. The fourth-order valence-corrected chi connectivity index (χ4v) is 6.55. The van der Waals surface area contributed by atoms with Crippen molar-refractivity contribution in [2.75, 3.05) is 21.2 Å². The van der Waals surface area contributed by atoms with Crippen molar-refractivity contribution in [3.05, 3.63) is 131 Å². The minimum absolute atomic E-state index is 0.0596. The second-order valence-corrected chi connectivity index (χ2v) is 14.2. The molecule has 0 saturated carbocycles. The summed E-state index contributed by atoms with van der Waals surface area (Å²) in [6, 6.07) is 27.3. The largest absolute Gasteiger partial charge is 0.362 e. The number of ether oxygens (including phenoxy) is 1. The number of methoxy groups -OCH3 is 1. The van der Waals surface area contributed by atoms with Crippen molar-refractivity contribution in [3.8, 4) is 23.7 Å². The van der Waals surface area contributed by atoms with E-state index >= 15 is 0 Å². The summed E-state index contributed by atoms with van der Waals surface area (Å²) in [4.78, 5) is 38.1. The predicted octanol–water partition coefficient (Wildman–Crippen LogP) is 6.34. The highest BCUT2D eigenvalue weighted by Crippen LogP contribution is 2.44. The molecule has 2 aromatic heterocycles. The average molecular weight is 653 g/mol. The lowest BCUT2D eigenvalue weighted by molar-refractivity contribution is -0.147. The molecule has 250 valence electrons. The first kappa shape index (κ1) is 35.1. The number of aromatic nitrogens is 2. The third kappa shape index (κ3) is 7.14. The Morgan fingerprint density at radius 1 is 0.571 bits per heavy atom. The van der Waals surface area contributed by atoms with Gasteiger partial charge >= 0.3 is 0 Å². The summed E-state index contributed by atoms with van der Waals surface area (Å²) in [7, 11) is 5.24. The van der Waals surface area contributed by atoms with Crippen LogP contribution in [0.15, 0.2) is 97.3 Å². The normalized spacial score (nSPS) is 22.0. The van der Waals surface area contributed by atoms with Crippen molar-refractivity contribution in [2.24, 2.45) is 0 Å². The Balaban J connectivity index is 0.000000191. The molecule has 0 bridgehead atoms. The Morgan fingerprint density at radius 2 is 1.00 bits per heavy atom. The van der Waals surface area contributed by atoms with Crippen LogP contribution >= 0.6 is 0 Å². The summed E-state index contributed by atoms with van der Waals surface area (Å²) >= 11 is 0. The van der Waals surface area contributed by atoms with Crippen LogP contribution in [-0.4, -0.2) is 63.9 Å².